The molecule has 2 amide bonds. The number of piperidine rings is 1. The molecule has 2 fully saturated rings. The number of nitrogens with zero attached hydrogens (tertiary/aromatic N) is 3. The fraction of sp³-hybridized carbons (Fsp3) is 0.441. The number of nitrogens with one attached hydrogen (secondary N) is 1. The van der Waals surface area contributed by atoms with Crippen LogP contribution >= 0.6 is 0 Å². The highest BCUT2D eigenvalue weighted by Gasteiger charge is 2.39. The van der Waals surface area contributed by atoms with Crippen LogP contribution in [0.3, 0.4) is 0 Å². The van der Waals surface area contributed by atoms with E-state index in [0.717, 1.165) is 50.0 Å². The van der Waals surface area contributed by atoms with Gasteiger partial charge in [-0.3, -0.25) is 19.5 Å². The van der Waals surface area contributed by atoms with E-state index >= 15 is 0 Å². The maximum absolute atomic E-state index is 13.9. The van der Waals surface area contributed by atoms with Crippen LogP contribution in [0.2, 0.25) is 0 Å². The van der Waals surface area contributed by atoms with E-state index in [4.69, 9.17) is 10.5 Å². The lowest BCUT2D eigenvalue weighted by molar-refractivity contribution is -0.128. The van der Waals surface area contributed by atoms with Crippen molar-refractivity contribution >= 4 is 11.8 Å². The molecule has 1 aliphatic carbocycles. The Morgan fingerprint density at radius 3 is 2.48 bits per heavy atom. The van der Waals surface area contributed by atoms with Crippen molar-refractivity contribution in [1.29, 1.82) is 0 Å². The number of ether oxygens (including phenoxy) is 1. The maximum Gasteiger partial charge on any atom is 0.256 e. The van der Waals surface area contributed by atoms with Gasteiger partial charge in [-0.25, -0.2) is 0 Å². The number of amides is 2. The van der Waals surface area contributed by atoms with Crippen molar-refractivity contribution in [2.75, 3.05) is 13.7 Å². The summed E-state index contributed by atoms with van der Waals surface area (Å²) in [6.07, 6.45) is 8.11. The second kappa shape index (κ2) is 13.9. The molecule has 2 atom stereocenters. The number of carbonyl (C=O) groups is 2. The molecule has 3 N–H and O–H groups in total. The summed E-state index contributed by atoms with van der Waals surface area (Å²) in [5.74, 6) is 0.600. The third-order valence-electron chi connectivity index (χ3n) is 8.71. The van der Waals surface area contributed by atoms with Crippen LogP contribution in [-0.2, 0) is 17.9 Å². The lowest BCUT2D eigenvalue weighted by Crippen LogP contribution is -2.58. The average molecular weight is 570 g/mol. The molecule has 2 aromatic carbocycles. The molecule has 5 rings (SSSR count). The van der Waals surface area contributed by atoms with Crippen LogP contribution < -0.4 is 15.8 Å². The maximum atomic E-state index is 13.9. The molecule has 2 heterocycles. The predicted molar refractivity (Wildman–Crippen MR) is 164 cm³/mol. The van der Waals surface area contributed by atoms with Gasteiger partial charge in [-0.2, -0.15) is 0 Å². The van der Waals surface area contributed by atoms with Gasteiger partial charge in [0.15, 0.2) is 0 Å². The third-order valence-corrected chi connectivity index (χ3v) is 8.71. The van der Waals surface area contributed by atoms with Gasteiger partial charge in [0.05, 0.1) is 12.7 Å². The Balaban J connectivity index is 1.40. The number of nitrogens with two attached hydrogens (primary N) is 1. The van der Waals surface area contributed by atoms with Gasteiger partial charge in [-0.05, 0) is 80.8 Å². The fourth-order valence-electron chi connectivity index (χ4n) is 6.23. The summed E-state index contributed by atoms with van der Waals surface area (Å²) in [6.45, 7) is 4.04. The van der Waals surface area contributed by atoms with Crippen molar-refractivity contribution in [2.45, 2.75) is 82.7 Å². The van der Waals surface area contributed by atoms with Gasteiger partial charge in [0.1, 0.15) is 11.8 Å². The Bertz CT molecular complexity index is 1320. The smallest absolute Gasteiger partial charge is 0.256 e. The van der Waals surface area contributed by atoms with Crippen LogP contribution in [0.1, 0.15) is 65.6 Å². The number of pyridine rings is 1. The predicted octanol–water partition coefficient (Wildman–Crippen LogP) is 4.46. The highest BCUT2D eigenvalue weighted by Crippen LogP contribution is 2.28. The minimum atomic E-state index is -0.571. The van der Waals surface area contributed by atoms with Crippen LogP contribution in [0, 0.1) is 6.92 Å². The topological polar surface area (TPSA) is 101 Å². The number of carbonyl (C=O) groups excluding carboxylic acids is 2. The van der Waals surface area contributed by atoms with Crippen LogP contribution in [0.5, 0.6) is 5.75 Å². The normalized spacial score (nSPS) is 22.5. The first kappa shape index (κ1) is 29.7. The summed E-state index contributed by atoms with van der Waals surface area (Å²) in [6, 6.07) is 20.1. The number of aromatic nitrogens is 1. The molecule has 1 saturated carbocycles. The number of hydrogen-bond acceptors (Lipinski definition) is 6. The van der Waals surface area contributed by atoms with Gasteiger partial charge in [0.2, 0.25) is 5.91 Å². The summed E-state index contributed by atoms with van der Waals surface area (Å²) in [5.41, 5.74) is 10.2. The van der Waals surface area contributed by atoms with E-state index in [0.29, 0.717) is 25.1 Å². The van der Waals surface area contributed by atoms with E-state index < -0.39 is 6.04 Å². The van der Waals surface area contributed by atoms with Crippen LogP contribution in [0.15, 0.2) is 73.1 Å². The SMILES string of the molecule is COc1cccc(CN(Cc2ccc(C)cc2)C2CCN(C(=O)c3cccnc3)[C@@H](C(=O)NC3CCC(N)CC3)C2)c1. The Hall–Kier alpha value is -3.75. The Labute approximate surface area is 249 Å². The van der Waals surface area contributed by atoms with Gasteiger partial charge >= 0.3 is 0 Å². The van der Waals surface area contributed by atoms with E-state index in [-0.39, 0.29) is 29.9 Å². The first-order valence-corrected chi connectivity index (χ1v) is 15.1. The molecule has 222 valence electrons. The molecule has 1 aliphatic heterocycles. The Morgan fingerprint density at radius 1 is 1.00 bits per heavy atom. The van der Waals surface area contributed by atoms with E-state index in [1.165, 1.54) is 11.1 Å². The molecule has 8 nitrogen and oxygen atoms in total. The van der Waals surface area contributed by atoms with Gasteiger partial charge in [0, 0.05) is 50.2 Å². The van der Waals surface area contributed by atoms with Gasteiger partial charge in [-0.15, -0.1) is 0 Å². The lowest BCUT2D eigenvalue weighted by atomic mass is 9.90. The number of likely N-dealkylation sites (tertiary alicyclic amines) is 1. The Morgan fingerprint density at radius 2 is 1.76 bits per heavy atom. The first-order chi connectivity index (χ1) is 20.4. The van der Waals surface area contributed by atoms with Crippen molar-refractivity contribution in [3.63, 3.8) is 0 Å². The zero-order valence-corrected chi connectivity index (χ0v) is 24.7. The summed E-state index contributed by atoms with van der Waals surface area (Å²) in [4.78, 5) is 35.9. The number of rotatable bonds is 9. The number of hydrogen-bond donors (Lipinski definition) is 2. The zero-order chi connectivity index (χ0) is 29.5. The molecule has 3 aromatic rings. The number of benzene rings is 2. The average Bonchev–Trinajstić information content (AvgIpc) is 3.02. The second-order valence-electron chi connectivity index (χ2n) is 11.8. The zero-order valence-electron chi connectivity index (χ0n) is 24.7. The summed E-state index contributed by atoms with van der Waals surface area (Å²) < 4.78 is 5.49. The van der Waals surface area contributed by atoms with Crippen LogP contribution in [0.4, 0.5) is 0 Å². The highest BCUT2D eigenvalue weighted by atomic mass is 16.5. The van der Waals surface area contributed by atoms with Crippen molar-refractivity contribution in [1.82, 2.24) is 20.1 Å². The molecule has 0 bridgehead atoms. The minimum absolute atomic E-state index is 0.0749. The van der Waals surface area contributed by atoms with Gasteiger partial charge in [-0.1, -0.05) is 42.0 Å². The molecular weight excluding hydrogens is 526 g/mol. The first-order valence-electron chi connectivity index (χ1n) is 15.1. The van der Waals surface area contributed by atoms with E-state index in [9.17, 15) is 9.59 Å². The fourth-order valence-corrected chi connectivity index (χ4v) is 6.23. The van der Waals surface area contributed by atoms with Gasteiger partial charge in [0.25, 0.3) is 5.91 Å². The monoisotopic (exact) mass is 569 g/mol. The lowest BCUT2D eigenvalue weighted by Gasteiger charge is -2.43. The van der Waals surface area contributed by atoms with Crippen molar-refractivity contribution in [3.8, 4) is 5.75 Å². The largest absolute Gasteiger partial charge is 0.497 e. The molecule has 0 spiro atoms. The molecular formula is C34H43N5O3. The van der Waals surface area contributed by atoms with Crippen molar-refractivity contribution in [2.24, 2.45) is 5.73 Å². The highest BCUT2D eigenvalue weighted by molar-refractivity contribution is 5.97. The van der Waals surface area contributed by atoms with Crippen LogP contribution in [0.25, 0.3) is 0 Å². The van der Waals surface area contributed by atoms with E-state index in [1.54, 1.807) is 36.5 Å². The summed E-state index contributed by atoms with van der Waals surface area (Å²) in [5, 5.41) is 3.29. The minimum Gasteiger partial charge on any atom is -0.497 e. The summed E-state index contributed by atoms with van der Waals surface area (Å²) in [7, 11) is 1.68. The molecule has 2 aliphatic rings. The molecule has 1 saturated heterocycles. The van der Waals surface area contributed by atoms with Crippen LogP contribution in [-0.4, -0.2) is 64.4 Å². The third kappa shape index (κ3) is 7.55. The van der Waals surface area contributed by atoms with E-state index in [1.807, 2.05) is 12.1 Å². The van der Waals surface area contributed by atoms with Crippen molar-refractivity contribution < 1.29 is 14.3 Å². The number of methoxy groups -OCH3 is 1. The second-order valence-corrected chi connectivity index (χ2v) is 11.8. The molecule has 42 heavy (non-hydrogen) atoms. The van der Waals surface area contributed by atoms with E-state index in [2.05, 4.69) is 58.5 Å². The quantitative estimate of drug-likeness (QED) is 0.395. The van der Waals surface area contributed by atoms with Gasteiger partial charge < -0.3 is 20.7 Å². The number of aryl methyl sites for hydroxylation is 1. The molecule has 1 aromatic heterocycles. The van der Waals surface area contributed by atoms with Crippen molar-refractivity contribution in [3.05, 3.63) is 95.3 Å². The molecule has 1 unspecified atom stereocenters. The Kier molecular flexibility index (Phi) is 9.87. The summed E-state index contributed by atoms with van der Waals surface area (Å²) >= 11 is 0. The molecule has 0 radical (unpaired) electrons. The molecule has 8 heteroatoms. The standard InChI is InChI=1S/C34H43N5O3/c1-24-8-10-25(11-9-24)22-38(23-26-5-3-7-31(19-26)42-2)30-16-18-39(34(41)27-6-4-17-36-21-27)32(20-30)33(40)37-29-14-12-28(35)13-15-29/h3-11,17,19,21,28-30,32H,12-16,18,20,22-23,35H2,1-2H3,(H,37,40)/t28?,29?,30?,32-/m1/s1.